The lowest BCUT2D eigenvalue weighted by Gasteiger charge is -2.10. The number of nitrogens with one attached hydrogen (secondary N) is 2. The summed E-state index contributed by atoms with van der Waals surface area (Å²) in [4.78, 5) is 20.2. The molecule has 2 rings (SSSR count). The van der Waals surface area contributed by atoms with E-state index in [1.54, 1.807) is 18.2 Å². The fourth-order valence-electron chi connectivity index (χ4n) is 2.11. The zero-order valence-corrected chi connectivity index (χ0v) is 14.9. The second-order valence-electron chi connectivity index (χ2n) is 5.78. The van der Waals surface area contributed by atoms with Gasteiger partial charge in [-0.15, -0.1) is 0 Å². The fraction of sp³-hybridized carbons (Fsp3) is 0.312. The Labute approximate surface area is 146 Å². The van der Waals surface area contributed by atoms with Crippen molar-refractivity contribution >= 4 is 21.7 Å². The maximum absolute atomic E-state index is 12.1. The first kappa shape index (κ1) is 18.8. The molecular formula is C16H21N5O3S. The molecule has 0 aliphatic rings. The van der Waals surface area contributed by atoms with Crippen molar-refractivity contribution in [2.45, 2.75) is 31.2 Å². The smallest absolute Gasteiger partial charge is 0.270 e. The second kappa shape index (κ2) is 8.04. The van der Waals surface area contributed by atoms with Crippen LogP contribution in [0.5, 0.6) is 0 Å². The van der Waals surface area contributed by atoms with Crippen LogP contribution in [0.1, 0.15) is 29.9 Å². The summed E-state index contributed by atoms with van der Waals surface area (Å²) in [5, 5.41) is 10.9. The number of hydrogen-bond donors (Lipinski definition) is 3. The summed E-state index contributed by atoms with van der Waals surface area (Å²) in [7, 11) is -3.69. The van der Waals surface area contributed by atoms with Crippen molar-refractivity contribution in [3.63, 3.8) is 0 Å². The number of anilines is 1. The van der Waals surface area contributed by atoms with Gasteiger partial charge in [0.25, 0.3) is 5.91 Å². The molecule has 0 saturated carbocycles. The van der Waals surface area contributed by atoms with Crippen LogP contribution in [0.2, 0.25) is 0 Å². The Bertz CT molecular complexity index is 835. The number of carbonyl (C=O) groups is 1. The van der Waals surface area contributed by atoms with Crippen molar-refractivity contribution in [2.24, 2.45) is 5.14 Å². The van der Waals surface area contributed by atoms with Crippen LogP contribution >= 0.6 is 0 Å². The van der Waals surface area contributed by atoms with Gasteiger partial charge in [-0.25, -0.2) is 23.5 Å². The van der Waals surface area contributed by atoms with Crippen molar-refractivity contribution in [1.29, 1.82) is 0 Å². The Balaban J connectivity index is 1.90. The van der Waals surface area contributed by atoms with Crippen LogP contribution in [0.25, 0.3) is 0 Å². The number of nitrogens with zero attached hydrogens (tertiary/aromatic N) is 2. The molecule has 1 aromatic carbocycles. The zero-order chi connectivity index (χ0) is 18.4. The van der Waals surface area contributed by atoms with Crippen molar-refractivity contribution in [3.8, 4) is 0 Å². The van der Waals surface area contributed by atoms with Gasteiger partial charge in [-0.1, -0.05) is 12.1 Å². The molecule has 0 aliphatic carbocycles. The Morgan fingerprint density at radius 2 is 1.88 bits per heavy atom. The van der Waals surface area contributed by atoms with Gasteiger partial charge in [-0.3, -0.25) is 4.79 Å². The largest absolute Gasteiger partial charge is 0.368 e. The van der Waals surface area contributed by atoms with Gasteiger partial charge in [-0.2, -0.15) is 0 Å². The molecule has 0 radical (unpaired) electrons. The van der Waals surface area contributed by atoms with Crippen LogP contribution < -0.4 is 15.8 Å². The molecule has 0 saturated heterocycles. The molecule has 0 unspecified atom stereocenters. The lowest BCUT2D eigenvalue weighted by atomic mass is 10.1. The number of sulfonamides is 1. The highest BCUT2D eigenvalue weighted by Gasteiger charge is 2.10. The van der Waals surface area contributed by atoms with Crippen LogP contribution in [0.15, 0.2) is 41.6 Å². The number of hydrogen-bond acceptors (Lipinski definition) is 6. The Hall–Kier alpha value is -2.52. The van der Waals surface area contributed by atoms with Gasteiger partial charge < -0.3 is 10.6 Å². The first-order chi connectivity index (χ1) is 11.8. The number of rotatable bonds is 7. The monoisotopic (exact) mass is 363 g/mol. The van der Waals surface area contributed by atoms with E-state index in [-0.39, 0.29) is 22.5 Å². The van der Waals surface area contributed by atoms with E-state index in [9.17, 15) is 13.2 Å². The fourth-order valence-corrected chi connectivity index (χ4v) is 2.63. The number of amides is 1. The van der Waals surface area contributed by atoms with Gasteiger partial charge in [0.15, 0.2) is 0 Å². The minimum Gasteiger partial charge on any atom is -0.368 e. The maximum atomic E-state index is 12.1. The molecule has 134 valence electrons. The first-order valence-corrected chi connectivity index (χ1v) is 9.29. The number of aromatic nitrogens is 2. The van der Waals surface area contributed by atoms with Crippen molar-refractivity contribution in [1.82, 2.24) is 15.3 Å². The molecule has 1 heterocycles. The molecule has 0 aliphatic heterocycles. The third-order valence-corrected chi connectivity index (χ3v) is 4.22. The van der Waals surface area contributed by atoms with E-state index in [1.165, 1.54) is 18.5 Å². The van der Waals surface area contributed by atoms with Crippen LogP contribution in [0.3, 0.4) is 0 Å². The topological polar surface area (TPSA) is 127 Å². The summed E-state index contributed by atoms with van der Waals surface area (Å²) in [6.45, 7) is 4.34. The first-order valence-electron chi connectivity index (χ1n) is 7.74. The van der Waals surface area contributed by atoms with Crippen LogP contribution in [0, 0.1) is 0 Å². The van der Waals surface area contributed by atoms with Crippen LogP contribution in [-0.2, 0) is 16.4 Å². The molecule has 1 amide bonds. The number of nitrogens with two attached hydrogens (primary N) is 1. The lowest BCUT2D eigenvalue weighted by Crippen LogP contribution is -2.27. The summed E-state index contributed by atoms with van der Waals surface area (Å²) in [5.41, 5.74) is 1.17. The van der Waals surface area contributed by atoms with Gasteiger partial charge in [0.05, 0.1) is 4.90 Å². The van der Waals surface area contributed by atoms with Crippen molar-refractivity contribution in [3.05, 3.63) is 47.9 Å². The Kier molecular flexibility index (Phi) is 6.05. The summed E-state index contributed by atoms with van der Waals surface area (Å²) in [6, 6.07) is 8.02. The van der Waals surface area contributed by atoms with Crippen molar-refractivity contribution in [2.75, 3.05) is 11.9 Å². The van der Waals surface area contributed by atoms with E-state index in [0.29, 0.717) is 18.8 Å². The predicted octanol–water partition coefficient (Wildman–Crippen LogP) is 0.917. The van der Waals surface area contributed by atoms with Gasteiger partial charge >= 0.3 is 0 Å². The van der Waals surface area contributed by atoms with Gasteiger partial charge in [0.1, 0.15) is 17.8 Å². The third-order valence-electron chi connectivity index (χ3n) is 3.29. The van der Waals surface area contributed by atoms with Crippen LogP contribution in [0.4, 0.5) is 5.82 Å². The van der Waals surface area contributed by atoms with E-state index in [1.807, 2.05) is 13.8 Å². The molecule has 1 aromatic heterocycles. The average Bonchev–Trinajstić information content (AvgIpc) is 2.54. The number of carbonyl (C=O) groups excluding carboxylic acids is 1. The molecule has 0 fully saturated rings. The molecule has 25 heavy (non-hydrogen) atoms. The molecule has 4 N–H and O–H groups in total. The molecule has 9 heteroatoms. The molecule has 0 spiro atoms. The summed E-state index contributed by atoms with van der Waals surface area (Å²) >= 11 is 0. The Morgan fingerprint density at radius 3 is 2.48 bits per heavy atom. The number of primary sulfonamides is 1. The van der Waals surface area contributed by atoms with E-state index in [4.69, 9.17) is 5.14 Å². The molecule has 0 atom stereocenters. The highest BCUT2D eigenvalue weighted by atomic mass is 32.2. The average molecular weight is 363 g/mol. The second-order valence-corrected chi connectivity index (χ2v) is 7.34. The molecule has 2 aromatic rings. The normalized spacial score (nSPS) is 11.4. The van der Waals surface area contributed by atoms with E-state index < -0.39 is 10.0 Å². The molecule has 0 bridgehead atoms. The van der Waals surface area contributed by atoms with E-state index in [2.05, 4.69) is 20.6 Å². The maximum Gasteiger partial charge on any atom is 0.270 e. The highest BCUT2D eigenvalue weighted by molar-refractivity contribution is 7.89. The van der Waals surface area contributed by atoms with E-state index in [0.717, 1.165) is 5.56 Å². The summed E-state index contributed by atoms with van der Waals surface area (Å²) in [5.74, 6) is 0.295. The quantitative estimate of drug-likeness (QED) is 0.671. The van der Waals surface area contributed by atoms with Gasteiger partial charge in [0.2, 0.25) is 10.0 Å². The predicted molar refractivity (Wildman–Crippen MR) is 94.6 cm³/mol. The Morgan fingerprint density at radius 1 is 1.20 bits per heavy atom. The van der Waals surface area contributed by atoms with Crippen molar-refractivity contribution < 1.29 is 13.2 Å². The molecular weight excluding hydrogens is 342 g/mol. The minimum atomic E-state index is -3.69. The minimum absolute atomic E-state index is 0.0615. The van der Waals surface area contributed by atoms with Gasteiger partial charge in [0, 0.05) is 18.7 Å². The summed E-state index contributed by atoms with van der Waals surface area (Å²) in [6.07, 6.45) is 1.89. The van der Waals surface area contributed by atoms with Crippen LogP contribution in [-0.4, -0.2) is 36.9 Å². The van der Waals surface area contributed by atoms with E-state index >= 15 is 0 Å². The molecule has 8 nitrogen and oxygen atoms in total. The highest BCUT2D eigenvalue weighted by Crippen LogP contribution is 2.09. The zero-order valence-electron chi connectivity index (χ0n) is 14.1. The number of benzene rings is 1. The third kappa shape index (κ3) is 5.80. The summed E-state index contributed by atoms with van der Waals surface area (Å²) < 4.78 is 22.4. The SMILES string of the molecule is CC(C)Nc1cc(C(=O)NCCc2ccc(S(N)(=O)=O)cc2)ncn1. The lowest BCUT2D eigenvalue weighted by molar-refractivity contribution is 0.0949. The van der Waals surface area contributed by atoms with Gasteiger partial charge in [-0.05, 0) is 38.0 Å². The standard InChI is InChI=1S/C16H21N5O3S/c1-11(2)21-15-9-14(19-10-20-15)16(22)18-8-7-12-3-5-13(6-4-12)25(17,23)24/h3-6,9-11H,7-8H2,1-2H3,(H,18,22)(H2,17,23,24)(H,19,20,21).